The number of hydrogen-bond acceptors (Lipinski definition) is 3. The molecule has 0 aromatic carbocycles. The number of rotatable bonds is 6. The van der Waals surface area contributed by atoms with Gasteiger partial charge in [0.1, 0.15) is 5.82 Å². The van der Waals surface area contributed by atoms with Crippen LogP contribution < -0.4 is 10.2 Å². The minimum absolute atomic E-state index is 0.149. The maximum absolute atomic E-state index is 4.73. The zero-order chi connectivity index (χ0) is 14.8. The Hall–Kier alpha value is -1.09. The second-order valence-electron chi connectivity index (χ2n) is 7.06. The monoisotopic (exact) mass is 275 g/mol. The Labute approximate surface area is 123 Å². The molecule has 3 heteroatoms. The molecule has 0 atom stereocenters. The highest BCUT2D eigenvalue weighted by molar-refractivity contribution is 5.43. The Balaban J connectivity index is 2.09. The fourth-order valence-electron chi connectivity index (χ4n) is 2.35. The standard InChI is InChI=1S/C17H29N3/c1-6-20(12-14-7-8-14)16-10-15(9-13(2)19-16)11-18-17(3,4)5/h9-10,14,18H,6-8,11-12H2,1-5H3. The van der Waals surface area contributed by atoms with Gasteiger partial charge in [-0.2, -0.15) is 0 Å². The molecule has 0 unspecified atom stereocenters. The van der Waals surface area contributed by atoms with Crippen LogP contribution in [0, 0.1) is 12.8 Å². The van der Waals surface area contributed by atoms with Crippen molar-refractivity contribution >= 4 is 5.82 Å². The Kier molecular flexibility index (Phi) is 4.69. The second-order valence-corrected chi connectivity index (χ2v) is 7.06. The summed E-state index contributed by atoms with van der Waals surface area (Å²) in [6, 6.07) is 4.44. The van der Waals surface area contributed by atoms with Gasteiger partial charge in [0.15, 0.2) is 0 Å². The van der Waals surface area contributed by atoms with Gasteiger partial charge in [0.25, 0.3) is 0 Å². The van der Waals surface area contributed by atoms with Gasteiger partial charge in [0.05, 0.1) is 0 Å². The molecule has 0 amide bonds. The van der Waals surface area contributed by atoms with Gasteiger partial charge in [0.2, 0.25) is 0 Å². The fourth-order valence-corrected chi connectivity index (χ4v) is 2.35. The molecule has 112 valence electrons. The molecule has 0 saturated heterocycles. The highest BCUT2D eigenvalue weighted by Gasteiger charge is 2.24. The van der Waals surface area contributed by atoms with E-state index < -0.39 is 0 Å². The van der Waals surface area contributed by atoms with Crippen molar-refractivity contribution < 1.29 is 0 Å². The van der Waals surface area contributed by atoms with Crippen LogP contribution in [0.25, 0.3) is 0 Å². The smallest absolute Gasteiger partial charge is 0.129 e. The van der Waals surface area contributed by atoms with E-state index in [0.717, 1.165) is 30.5 Å². The molecule has 1 aliphatic rings. The lowest BCUT2D eigenvalue weighted by Crippen LogP contribution is -2.35. The largest absolute Gasteiger partial charge is 0.357 e. The Morgan fingerprint density at radius 3 is 2.55 bits per heavy atom. The average Bonchev–Trinajstić information content (AvgIpc) is 3.16. The lowest BCUT2D eigenvalue weighted by molar-refractivity contribution is 0.424. The van der Waals surface area contributed by atoms with Crippen molar-refractivity contribution in [1.82, 2.24) is 10.3 Å². The van der Waals surface area contributed by atoms with Crippen molar-refractivity contribution in [1.29, 1.82) is 0 Å². The van der Waals surface area contributed by atoms with Gasteiger partial charge in [-0.25, -0.2) is 4.98 Å². The Bertz CT molecular complexity index is 444. The van der Waals surface area contributed by atoms with E-state index in [2.05, 4.69) is 57.0 Å². The predicted molar refractivity (Wildman–Crippen MR) is 86.2 cm³/mol. The van der Waals surface area contributed by atoms with Crippen LogP contribution in [0.2, 0.25) is 0 Å². The van der Waals surface area contributed by atoms with Gasteiger partial charge in [-0.1, -0.05) is 0 Å². The molecular formula is C17H29N3. The summed E-state index contributed by atoms with van der Waals surface area (Å²) in [7, 11) is 0. The first-order valence-electron chi connectivity index (χ1n) is 7.85. The highest BCUT2D eigenvalue weighted by Crippen LogP contribution is 2.31. The number of anilines is 1. The summed E-state index contributed by atoms with van der Waals surface area (Å²) in [4.78, 5) is 7.15. The summed E-state index contributed by atoms with van der Waals surface area (Å²) < 4.78 is 0. The number of nitrogens with zero attached hydrogens (tertiary/aromatic N) is 2. The van der Waals surface area contributed by atoms with E-state index >= 15 is 0 Å². The molecule has 20 heavy (non-hydrogen) atoms. The SMILES string of the molecule is CCN(CC1CC1)c1cc(CNC(C)(C)C)cc(C)n1. The molecular weight excluding hydrogens is 246 g/mol. The molecule has 1 aromatic rings. The fraction of sp³-hybridized carbons (Fsp3) is 0.706. The Morgan fingerprint density at radius 1 is 1.30 bits per heavy atom. The quantitative estimate of drug-likeness (QED) is 0.861. The van der Waals surface area contributed by atoms with Crippen molar-refractivity contribution in [3.05, 3.63) is 23.4 Å². The molecule has 1 fully saturated rings. The Morgan fingerprint density at radius 2 is 2.00 bits per heavy atom. The van der Waals surface area contributed by atoms with Crippen molar-refractivity contribution in [3.63, 3.8) is 0 Å². The summed E-state index contributed by atoms with van der Waals surface area (Å²) in [6.07, 6.45) is 2.78. The third kappa shape index (κ3) is 4.78. The zero-order valence-corrected chi connectivity index (χ0v) is 13.7. The van der Waals surface area contributed by atoms with Gasteiger partial charge in [0, 0.05) is 30.9 Å². The molecule has 1 aromatic heterocycles. The van der Waals surface area contributed by atoms with Crippen molar-refractivity contribution in [2.45, 2.75) is 59.5 Å². The van der Waals surface area contributed by atoms with E-state index in [1.54, 1.807) is 0 Å². The molecule has 0 spiro atoms. The molecule has 1 heterocycles. The van der Waals surface area contributed by atoms with Crippen LogP contribution in [-0.2, 0) is 6.54 Å². The minimum Gasteiger partial charge on any atom is -0.357 e. The molecule has 1 aliphatic carbocycles. The van der Waals surface area contributed by atoms with Crippen LogP contribution in [0.15, 0.2) is 12.1 Å². The predicted octanol–water partition coefficient (Wildman–Crippen LogP) is 3.51. The summed E-state index contributed by atoms with van der Waals surface area (Å²) in [5.74, 6) is 2.04. The third-order valence-corrected chi connectivity index (χ3v) is 3.70. The van der Waals surface area contributed by atoms with Gasteiger partial charge in [-0.15, -0.1) is 0 Å². The van der Waals surface area contributed by atoms with Crippen LogP contribution in [-0.4, -0.2) is 23.6 Å². The van der Waals surface area contributed by atoms with Crippen LogP contribution in [0.3, 0.4) is 0 Å². The van der Waals surface area contributed by atoms with Crippen molar-refractivity contribution in [2.75, 3.05) is 18.0 Å². The summed E-state index contributed by atoms with van der Waals surface area (Å²) in [5, 5.41) is 3.56. The summed E-state index contributed by atoms with van der Waals surface area (Å²) >= 11 is 0. The minimum atomic E-state index is 0.149. The van der Waals surface area contributed by atoms with Crippen molar-refractivity contribution in [3.8, 4) is 0 Å². The molecule has 3 nitrogen and oxygen atoms in total. The van der Waals surface area contributed by atoms with Gasteiger partial charge in [-0.05, 0) is 71.1 Å². The van der Waals surface area contributed by atoms with Crippen LogP contribution in [0.5, 0.6) is 0 Å². The first-order valence-corrected chi connectivity index (χ1v) is 7.85. The number of nitrogens with one attached hydrogen (secondary N) is 1. The lowest BCUT2D eigenvalue weighted by atomic mass is 10.1. The number of aryl methyl sites for hydroxylation is 1. The topological polar surface area (TPSA) is 28.2 Å². The van der Waals surface area contributed by atoms with E-state index in [9.17, 15) is 0 Å². The van der Waals surface area contributed by atoms with E-state index in [0.29, 0.717) is 0 Å². The number of pyridine rings is 1. The maximum atomic E-state index is 4.73. The number of aromatic nitrogens is 1. The molecule has 1 saturated carbocycles. The summed E-state index contributed by atoms with van der Waals surface area (Å²) in [5.41, 5.74) is 2.59. The normalized spacial score (nSPS) is 15.4. The first-order chi connectivity index (χ1) is 9.37. The zero-order valence-electron chi connectivity index (χ0n) is 13.7. The molecule has 0 radical (unpaired) electrons. The van der Waals surface area contributed by atoms with Crippen LogP contribution in [0.4, 0.5) is 5.82 Å². The van der Waals surface area contributed by atoms with Crippen LogP contribution >= 0.6 is 0 Å². The molecule has 0 bridgehead atoms. The van der Waals surface area contributed by atoms with E-state index in [-0.39, 0.29) is 5.54 Å². The highest BCUT2D eigenvalue weighted by atomic mass is 15.2. The first kappa shape index (κ1) is 15.3. The molecule has 1 N–H and O–H groups in total. The van der Waals surface area contributed by atoms with E-state index in [1.165, 1.54) is 24.9 Å². The third-order valence-electron chi connectivity index (χ3n) is 3.70. The maximum Gasteiger partial charge on any atom is 0.129 e. The molecule has 0 aliphatic heterocycles. The summed E-state index contributed by atoms with van der Waals surface area (Å²) in [6.45, 7) is 14.0. The second kappa shape index (κ2) is 6.13. The number of hydrogen-bond donors (Lipinski definition) is 1. The van der Waals surface area contributed by atoms with Gasteiger partial charge in [-0.3, -0.25) is 0 Å². The van der Waals surface area contributed by atoms with Gasteiger partial charge < -0.3 is 10.2 Å². The van der Waals surface area contributed by atoms with Crippen molar-refractivity contribution in [2.24, 2.45) is 5.92 Å². The average molecular weight is 275 g/mol. The van der Waals surface area contributed by atoms with Crippen LogP contribution in [0.1, 0.15) is 51.8 Å². The van der Waals surface area contributed by atoms with Gasteiger partial charge >= 0.3 is 0 Å². The van der Waals surface area contributed by atoms with E-state index in [1.807, 2.05) is 0 Å². The van der Waals surface area contributed by atoms with E-state index in [4.69, 9.17) is 4.98 Å². The lowest BCUT2D eigenvalue weighted by Gasteiger charge is -2.24. The molecule has 2 rings (SSSR count).